The van der Waals surface area contributed by atoms with Crippen LogP contribution >= 0.6 is 11.3 Å². The Hall–Kier alpha value is -2.33. The molecule has 2 fully saturated rings. The normalized spacial score (nSPS) is 23.2. The van der Waals surface area contributed by atoms with E-state index in [-0.39, 0.29) is 34.1 Å². The van der Waals surface area contributed by atoms with Crippen LogP contribution in [0.25, 0.3) is 0 Å². The average Bonchev–Trinajstić information content (AvgIpc) is 2.99. The fraction of sp³-hybridized carbons (Fsp3) is 0.690. The van der Waals surface area contributed by atoms with Gasteiger partial charge in [-0.25, -0.2) is 4.79 Å². The van der Waals surface area contributed by atoms with Gasteiger partial charge in [-0.15, -0.1) is 11.3 Å². The van der Waals surface area contributed by atoms with Crippen LogP contribution in [0.4, 0.5) is 5.69 Å². The summed E-state index contributed by atoms with van der Waals surface area (Å²) < 4.78 is 0. The van der Waals surface area contributed by atoms with Crippen LogP contribution in [-0.2, 0) is 9.59 Å². The van der Waals surface area contributed by atoms with Crippen LogP contribution in [0.15, 0.2) is 0 Å². The number of carbonyl (C=O) groups is 3. The number of hydrogen-bond acceptors (Lipinski definition) is 4. The Morgan fingerprint density at radius 2 is 1.75 bits per heavy atom. The third kappa shape index (κ3) is 6.32. The van der Waals surface area contributed by atoms with Crippen molar-refractivity contribution >= 4 is 34.8 Å². The van der Waals surface area contributed by atoms with Crippen LogP contribution in [-0.4, -0.2) is 46.4 Å². The van der Waals surface area contributed by atoms with Crippen molar-refractivity contribution in [1.29, 1.82) is 0 Å². The second-order valence-electron chi connectivity index (χ2n) is 11.8. The number of anilines is 1. The Labute approximate surface area is 220 Å². The third-order valence-corrected chi connectivity index (χ3v) is 8.52. The summed E-state index contributed by atoms with van der Waals surface area (Å²) in [6, 6.07) is -0.683. The molecule has 1 saturated heterocycles. The quantitative estimate of drug-likeness (QED) is 0.482. The van der Waals surface area contributed by atoms with Crippen molar-refractivity contribution in [1.82, 2.24) is 4.90 Å². The summed E-state index contributed by atoms with van der Waals surface area (Å²) >= 11 is 1.11. The largest absolute Gasteiger partial charge is 0.477 e. The van der Waals surface area contributed by atoms with Gasteiger partial charge in [-0.05, 0) is 92.4 Å². The Bertz CT molecular complexity index is 1050. The Kier molecular flexibility index (Phi) is 8.93. The van der Waals surface area contributed by atoms with E-state index in [4.69, 9.17) is 0 Å². The molecule has 0 aromatic carbocycles. The summed E-state index contributed by atoms with van der Waals surface area (Å²) in [7, 11) is 0. The zero-order valence-corrected chi connectivity index (χ0v) is 23.8. The van der Waals surface area contributed by atoms with E-state index in [0.717, 1.165) is 49.9 Å². The van der Waals surface area contributed by atoms with Gasteiger partial charge in [0, 0.05) is 29.5 Å². The van der Waals surface area contributed by atoms with Crippen molar-refractivity contribution < 1.29 is 19.5 Å². The molecule has 0 unspecified atom stereocenters. The molecule has 1 aromatic heterocycles. The molecular weight excluding hydrogens is 472 g/mol. The summed E-state index contributed by atoms with van der Waals surface area (Å²) in [6.45, 7) is 14.7. The molecule has 2 aliphatic rings. The van der Waals surface area contributed by atoms with Crippen LogP contribution < -0.4 is 4.90 Å². The summed E-state index contributed by atoms with van der Waals surface area (Å²) in [6.07, 6.45) is 5.71. The first-order chi connectivity index (χ1) is 16.8. The topological polar surface area (TPSA) is 77.9 Å². The van der Waals surface area contributed by atoms with Gasteiger partial charge in [0.15, 0.2) is 0 Å². The maximum Gasteiger partial charge on any atom is 0.348 e. The number of hydrogen-bond donors (Lipinski definition) is 1. The minimum atomic E-state index is -1.08. The number of rotatable bonds is 5. The molecule has 6 nitrogen and oxygen atoms in total. The standard InChI is InChI=1S/C29H42N2O4S/c1-18(2)30-17-9-8-10-22(27(30)33)31(26(32)21-13-11-19(3)12-14-21)24-20(4)23(15-16-29(5,6)7)36-25(24)28(34)35/h18-19,21-22H,8-14,17H2,1-7H3,(H,34,35)/t19?,21?,22-/m0/s1. The second-order valence-corrected chi connectivity index (χ2v) is 12.9. The lowest BCUT2D eigenvalue weighted by molar-refractivity contribution is -0.136. The zero-order valence-electron chi connectivity index (χ0n) is 22.9. The van der Waals surface area contributed by atoms with Gasteiger partial charge in [0.2, 0.25) is 11.8 Å². The number of nitrogens with zero attached hydrogens (tertiary/aromatic N) is 2. The van der Waals surface area contributed by atoms with Crippen molar-refractivity contribution in [2.24, 2.45) is 17.3 Å². The number of carboxylic acid groups (broad SMARTS) is 1. The first kappa shape index (κ1) is 28.2. The maximum atomic E-state index is 14.2. The van der Waals surface area contributed by atoms with Crippen molar-refractivity contribution in [3.8, 4) is 11.8 Å². The van der Waals surface area contributed by atoms with E-state index in [1.54, 1.807) is 4.90 Å². The molecule has 1 aliphatic heterocycles. The van der Waals surface area contributed by atoms with Crippen molar-refractivity contribution in [2.45, 2.75) is 105 Å². The third-order valence-electron chi connectivity index (χ3n) is 7.33. The van der Waals surface area contributed by atoms with Gasteiger partial charge < -0.3 is 10.0 Å². The molecule has 1 aliphatic carbocycles. The molecule has 3 rings (SSSR count). The predicted octanol–water partition coefficient (Wildman–Crippen LogP) is 6.10. The molecule has 1 atom stereocenters. The Balaban J connectivity index is 2.18. The van der Waals surface area contributed by atoms with Crippen LogP contribution in [0.2, 0.25) is 0 Å². The molecule has 0 spiro atoms. The molecule has 2 heterocycles. The van der Waals surface area contributed by atoms with Gasteiger partial charge >= 0.3 is 5.97 Å². The number of carboxylic acids is 1. The number of carbonyl (C=O) groups excluding carboxylic acids is 2. The molecular formula is C29H42N2O4S. The minimum absolute atomic E-state index is 0.0151. The summed E-state index contributed by atoms with van der Waals surface area (Å²) in [5.74, 6) is 5.49. The molecule has 0 radical (unpaired) electrons. The lowest BCUT2D eigenvalue weighted by atomic mass is 9.82. The summed E-state index contributed by atoms with van der Waals surface area (Å²) in [5, 5.41) is 10.2. The first-order valence-electron chi connectivity index (χ1n) is 13.3. The second kappa shape index (κ2) is 11.4. The predicted molar refractivity (Wildman–Crippen MR) is 145 cm³/mol. The van der Waals surface area contributed by atoms with Crippen LogP contribution in [0.5, 0.6) is 0 Å². The van der Waals surface area contributed by atoms with Crippen LogP contribution in [0.1, 0.15) is 107 Å². The van der Waals surface area contributed by atoms with Crippen LogP contribution in [0.3, 0.4) is 0 Å². The van der Waals surface area contributed by atoms with Crippen molar-refractivity contribution in [3.05, 3.63) is 15.3 Å². The lowest BCUT2D eigenvalue weighted by Gasteiger charge is -2.38. The van der Waals surface area contributed by atoms with Crippen LogP contribution in [0, 0.1) is 36.0 Å². The number of amides is 2. The van der Waals surface area contributed by atoms with Crippen molar-refractivity contribution in [3.63, 3.8) is 0 Å². The smallest absolute Gasteiger partial charge is 0.348 e. The van der Waals surface area contributed by atoms with E-state index in [2.05, 4.69) is 18.8 Å². The average molecular weight is 515 g/mol. The van der Waals surface area contributed by atoms with Gasteiger partial charge in [-0.3, -0.25) is 14.5 Å². The molecule has 36 heavy (non-hydrogen) atoms. The molecule has 7 heteroatoms. The van der Waals surface area contributed by atoms with E-state index in [1.165, 1.54) is 0 Å². The highest BCUT2D eigenvalue weighted by atomic mass is 32.1. The van der Waals surface area contributed by atoms with E-state index in [9.17, 15) is 19.5 Å². The Morgan fingerprint density at radius 1 is 1.11 bits per heavy atom. The fourth-order valence-corrected chi connectivity index (χ4v) is 6.22. The minimum Gasteiger partial charge on any atom is -0.477 e. The first-order valence-corrected chi connectivity index (χ1v) is 14.2. The van der Waals surface area contributed by atoms with E-state index >= 15 is 0 Å². The molecule has 198 valence electrons. The van der Waals surface area contributed by atoms with Gasteiger partial charge in [-0.2, -0.15) is 0 Å². The number of likely N-dealkylation sites (tertiary alicyclic amines) is 1. The summed E-state index contributed by atoms with van der Waals surface area (Å²) in [5.41, 5.74) is 0.807. The highest BCUT2D eigenvalue weighted by Crippen LogP contribution is 2.41. The molecule has 1 saturated carbocycles. The summed E-state index contributed by atoms with van der Waals surface area (Å²) in [4.78, 5) is 44.7. The maximum absolute atomic E-state index is 14.2. The van der Waals surface area contributed by atoms with Gasteiger partial charge in [0.1, 0.15) is 10.9 Å². The van der Waals surface area contributed by atoms with E-state index in [1.807, 2.05) is 46.4 Å². The monoisotopic (exact) mass is 514 g/mol. The fourth-order valence-electron chi connectivity index (χ4n) is 5.22. The van der Waals surface area contributed by atoms with Gasteiger partial charge in [0.25, 0.3) is 0 Å². The Morgan fingerprint density at radius 3 is 2.31 bits per heavy atom. The highest BCUT2D eigenvalue weighted by molar-refractivity contribution is 7.15. The SMILES string of the molecule is Cc1c(C#CC(C)(C)C)sc(C(=O)O)c1N(C(=O)C1CCC(C)CC1)[C@H]1CCCCN(C(C)C)C1=O. The zero-order chi connectivity index (χ0) is 26.8. The molecule has 2 amide bonds. The highest BCUT2D eigenvalue weighted by Gasteiger charge is 2.42. The van der Waals surface area contributed by atoms with Gasteiger partial charge in [0.05, 0.1) is 10.6 Å². The van der Waals surface area contributed by atoms with Crippen molar-refractivity contribution in [2.75, 3.05) is 11.4 Å². The van der Waals surface area contributed by atoms with E-state index < -0.39 is 12.0 Å². The molecule has 1 N–H and O–H groups in total. The lowest BCUT2D eigenvalue weighted by Crippen LogP contribution is -2.54. The number of thiophene rings is 1. The van der Waals surface area contributed by atoms with E-state index in [0.29, 0.717) is 35.0 Å². The molecule has 0 bridgehead atoms. The van der Waals surface area contributed by atoms with Gasteiger partial charge in [-0.1, -0.05) is 18.8 Å². The number of aromatic carboxylic acids is 1. The molecule has 1 aromatic rings.